The van der Waals surface area contributed by atoms with Gasteiger partial charge in [0.05, 0.1) is 12.7 Å². The van der Waals surface area contributed by atoms with E-state index in [9.17, 15) is 9.90 Å². The third-order valence-corrected chi connectivity index (χ3v) is 10.2. The van der Waals surface area contributed by atoms with Gasteiger partial charge in [-0.25, -0.2) is 0 Å². The number of amides is 1. The summed E-state index contributed by atoms with van der Waals surface area (Å²) < 4.78 is 0. The van der Waals surface area contributed by atoms with E-state index in [0.29, 0.717) is 42.7 Å². The van der Waals surface area contributed by atoms with E-state index in [1.165, 1.54) is 17.5 Å². The molecule has 2 N–H and O–H groups in total. The van der Waals surface area contributed by atoms with Gasteiger partial charge < -0.3 is 15.3 Å². The van der Waals surface area contributed by atoms with Crippen LogP contribution in [0, 0.1) is 23.2 Å². The van der Waals surface area contributed by atoms with Crippen LogP contribution in [0.2, 0.25) is 0 Å². The Morgan fingerprint density at radius 2 is 1.70 bits per heavy atom. The van der Waals surface area contributed by atoms with E-state index in [4.69, 9.17) is 4.84 Å². The zero-order valence-electron chi connectivity index (χ0n) is 28.2. The summed E-state index contributed by atoms with van der Waals surface area (Å²) in [5.74, 6) is 1.89. The third kappa shape index (κ3) is 10.1. The molecule has 3 aliphatic carbocycles. The number of aliphatic hydroxyl groups is 1. The fourth-order valence-corrected chi connectivity index (χ4v) is 7.30. The number of rotatable bonds is 18. The second-order valence-electron chi connectivity index (χ2n) is 14.4. The van der Waals surface area contributed by atoms with Crippen LogP contribution in [-0.2, 0) is 29.1 Å². The highest BCUT2D eigenvalue weighted by atomic mass is 16.7. The van der Waals surface area contributed by atoms with E-state index < -0.39 is 6.10 Å². The largest absolute Gasteiger partial charge is 0.393 e. The molecular formula is C37H58N4O3. The van der Waals surface area contributed by atoms with Crippen molar-refractivity contribution in [2.24, 2.45) is 23.2 Å². The quantitative estimate of drug-likeness (QED) is 0.222. The van der Waals surface area contributed by atoms with Gasteiger partial charge >= 0.3 is 0 Å². The highest BCUT2D eigenvalue weighted by Gasteiger charge is 2.56. The summed E-state index contributed by atoms with van der Waals surface area (Å²) in [6, 6.07) is 19.6. The van der Waals surface area contributed by atoms with E-state index in [1.807, 2.05) is 0 Å². The molecule has 0 radical (unpaired) electrons. The molecule has 3 aliphatic rings. The fraction of sp³-hybridized carbons (Fsp3) is 0.649. The molecule has 44 heavy (non-hydrogen) atoms. The number of nitrogens with one attached hydrogen (secondary N) is 1. The maximum absolute atomic E-state index is 13.3. The van der Waals surface area contributed by atoms with Crippen molar-refractivity contribution in [3.63, 3.8) is 0 Å². The number of aliphatic hydroxyl groups excluding tert-OH is 1. The predicted molar refractivity (Wildman–Crippen MR) is 179 cm³/mol. The number of nitrogens with zero attached hydrogens (tertiary/aromatic N) is 3. The van der Waals surface area contributed by atoms with Crippen molar-refractivity contribution < 1.29 is 14.7 Å². The zero-order valence-corrected chi connectivity index (χ0v) is 28.2. The van der Waals surface area contributed by atoms with Crippen LogP contribution < -0.4 is 5.32 Å². The number of hydrogen-bond donors (Lipinski definition) is 2. The second-order valence-corrected chi connectivity index (χ2v) is 14.4. The van der Waals surface area contributed by atoms with Crippen LogP contribution in [0.15, 0.2) is 54.6 Å². The fourth-order valence-electron chi connectivity index (χ4n) is 7.30. The lowest BCUT2D eigenvalue weighted by molar-refractivity contribution is -0.178. The molecule has 7 nitrogen and oxygen atoms in total. The number of hydrogen-bond acceptors (Lipinski definition) is 6. The first kappa shape index (κ1) is 34.6. The summed E-state index contributed by atoms with van der Waals surface area (Å²) in [4.78, 5) is 24.2. The molecule has 3 saturated carbocycles. The Balaban J connectivity index is 1.35. The first-order chi connectivity index (χ1) is 21.0. The monoisotopic (exact) mass is 606 g/mol. The lowest BCUT2D eigenvalue weighted by Crippen LogP contribution is -2.61. The Bertz CT molecular complexity index is 1150. The molecular weight excluding hydrogens is 548 g/mol. The van der Waals surface area contributed by atoms with Gasteiger partial charge in [0.25, 0.3) is 0 Å². The van der Waals surface area contributed by atoms with Crippen LogP contribution in [0.5, 0.6) is 0 Å². The maximum atomic E-state index is 13.3. The minimum Gasteiger partial charge on any atom is -0.393 e. The number of aryl methyl sites for hydroxylation is 1. The van der Waals surface area contributed by atoms with Crippen LogP contribution in [0.3, 0.4) is 0 Å². The first-order valence-electron chi connectivity index (χ1n) is 16.9. The molecule has 5 rings (SSSR count). The molecule has 2 aromatic rings. The van der Waals surface area contributed by atoms with E-state index in [-0.39, 0.29) is 18.5 Å². The van der Waals surface area contributed by atoms with E-state index in [2.05, 4.69) is 105 Å². The van der Waals surface area contributed by atoms with Crippen molar-refractivity contribution in [1.29, 1.82) is 0 Å². The zero-order chi connectivity index (χ0) is 31.7. The van der Waals surface area contributed by atoms with Crippen molar-refractivity contribution in [2.45, 2.75) is 85.0 Å². The van der Waals surface area contributed by atoms with Crippen molar-refractivity contribution >= 4 is 5.91 Å². The number of carbonyl (C=O) groups is 1. The predicted octanol–water partition coefficient (Wildman–Crippen LogP) is 5.37. The van der Waals surface area contributed by atoms with Crippen molar-refractivity contribution in [1.82, 2.24) is 20.2 Å². The van der Waals surface area contributed by atoms with Gasteiger partial charge in [0.15, 0.2) is 0 Å². The molecule has 0 spiro atoms. The Morgan fingerprint density at radius 3 is 2.36 bits per heavy atom. The number of likely N-dealkylation sites (N-methyl/N-ethyl adjacent to an activating group) is 1. The van der Waals surface area contributed by atoms with Gasteiger partial charge in [-0.3, -0.25) is 14.5 Å². The SMILES string of the molecule is C[C@@H]1[C@@H](NC(=O)CN(Cc2cccc(CN(CCCc3ccccc3)CCN(C)C)c2)OCC[C@H](C)O)C[C@H]2C[C@@H]1C2(C)C. The molecule has 1 amide bonds. The van der Waals surface area contributed by atoms with Gasteiger partial charge in [0, 0.05) is 32.2 Å². The van der Waals surface area contributed by atoms with Gasteiger partial charge in [0.2, 0.25) is 5.91 Å². The molecule has 0 aromatic heterocycles. The molecule has 0 unspecified atom stereocenters. The lowest BCUT2D eigenvalue weighted by Gasteiger charge is -2.62. The van der Waals surface area contributed by atoms with Crippen LogP contribution >= 0.6 is 0 Å². The van der Waals surface area contributed by atoms with Crippen LogP contribution in [0.4, 0.5) is 0 Å². The molecule has 0 aliphatic heterocycles. The highest BCUT2D eigenvalue weighted by molar-refractivity contribution is 5.78. The molecule has 5 atom stereocenters. The standard InChI is InChI=1S/C37H58N4O3/c1-28(42)17-21-44-41(27-36(43)38-35-24-33-23-34(29(35)2)37(33,3)4)26-32-15-10-14-31(22-32)25-40(20-19-39(5)6)18-11-16-30-12-8-7-9-13-30/h7-10,12-15,22,28-29,33-35,42H,11,16-21,23-27H2,1-6H3,(H,38,43)/t28-,29-,33+,34-,35-/m0/s1. The van der Waals surface area contributed by atoms with Crippen molar-refractivity contribution in [3.05, 3.63) is 71.3 Å². The molecule has 2 aromatic carbocycles. The maximum Gasteiger partial charge on any atom is 0.236 e. The lowest BCUT2D eigenvalue weighted by atomic mass is 9.45. The number of benzene rings is 2. The Hall–Kier alpha value is -2.29. The van der Waals surface area contributed by atoms with Gasteiger partial charge in [-0.05, 0) is 99.5 Å². The molecule has 7 heteroatoms. The van der Waals surface area contributed by atoms with Gasteiger partial charge in [0.1, 0.15) is 6.54 Å². The summed E-state index contributed by atoms with van der Waals surface area (Å²) in [5, 5.41) is 14.9. The van der Waals surface area contributed by atoms with Crippen molar-refractivity contribution in [3.8, 4) is 0 Å². The highest BCUT2D eigenvalue weighted by Crippen LogP contribution is 2.61. The Labute approximate surface area is 266 Å². The second kappa shape index (κ2) is 16.3. The van der Waals surface area contributed by atoms with Gasteiger partial charge in [-0.15, -0.1) is 0 Å². The number of carbonyl (C=O) groups excluding carboxylic acids is 1. The average molecular weight is 607 g/mol. The van der Waals surface area contributed by atoms with Crippen molar-refractivity contribution in [2.75, 3.05) is 46.9 Å². The minimum atomic E-state index is -0.442. The Kier molecular flexibility index (Phi) is 12.8. The molecule has 0 saturated heterocycles. The smallest absolute Gasteiger partial charge is 0.236 e. The summed E-state index contributed by atoms with van der Waals surface area (Å²) in [7, 11) is 4.26. The van der Waals surface area contributed by atoms with Gasteiger partial charge in [-0.2, -0.15) is 5.06 Å². The minimum absolute atomic E-state index is 0.0161. The molecule has 0 heterocycles. The van der Waals surface area contributed by atoms with Crippen LogP contribution in [0.1, 0.15) is 70.1 Å². The molecule has 2 bridgehead atoms. The van der Waals surface area contributed by atoms with Crippen LogP contribution in [-0.4, -0.2) is 84.9 Å². The molecule has 3 fully saturated rings. The van der Waals surface area contributed by atoms with Crippen LogP contribution in [0.25, 0.3) is 0 Å². The normalized spacial score (nSPS) is 23.1. The number of fused-ring (bicyclic) bond motifs is 2. The van der Waals surface area contributed by atoms with Gasteiger partial charge in [-0.1, -0.05) is 75.4 Å². The summed E-state index contributed by atoms with van der Waals surface area (Å²) >= 11 is 0. The van der Waals surface area contributed by atoms with E-state index in [0.717, 1.165) is 51.0 Å². The summed E-state index contributed by atoms with van der Waals surface area (Å²) in [5.41, 5.74) is 4.18. The molecule has 244 valence electrons. The first-order valence-corrected chi connectivity index (χ1v) is 16.9. The summed E-state index contributed by atoms with van der Waals surface area (Å²) in [6.45, 7) is 13.9. The van der Waals surface area contributed by atoms with E-state index >= 15 is 0 Å². The Morgan fingerprint density at radius 1 is 1.00 bits per heavy atom. The third-order valence-electron chi connectivity index (χ3n) is 10.2. The number of hydroxylamine groups is 2. The topological polar surface area (TPSA) is 68.3 Å². The summed E-state index contributed by atoms with van der Waals surface area (Å²) in [6.07, 6.45) is 4.65. The average Bonchev–Trinajstić information content (AvgIpc) is 2.97. The van der Waals surface area contributed by atoms with E-state index in [1.54, 1.807) is 12.0 Å².